The third-order valence-electron chi connectivity index (χ3n) is 0.846. The molecule has 0 bridgehead atoms. The van der Waals surface area contributed by atoms with Crippen LogP contribution in [0.5, 0.6) is 0 Å². The van der Waals surface area contributed by atoms with Gasteiger partial charge in [-0.05, 0) is 0 Å². The van der Waals surface area contributed by atoms with Crippen LogP contribution in [-0.4, -0.2) is 33.7 Å². The molecule has 0 saturated carbocycles. The molecule has 0 heterocycles. The predicted molar refractivity (Wildman–Crippen MR) is 47.2 cm³/mol. The first kappa shape index (κ1) is 10.9. The monoisotopic (exact) mass is 287 g/mol. The van der Waals surface area contributed by atoms with Crippen molar-refractivity contribution in [2.45, 2.75) is 4.83 Å². The van der Waals surface area contributed by atoms with E-state index < -0.39 is 11.9 Å². The number of carbonyl (C=O) groups is 2. The zero-order valence-electron chi connectivity index (χ0n) is 5.51. The molecule has 0 aliphatic rings. The van der Waals surface area contributed by atoms with Crippen molar-refractivity contribution in [2.24, 2.45) is 0 Å². The summed E-state index contributed by atoms with van der Waals surface area (Å²) in [5, 5.41) is 11.0. The molecule has 0 aliphatic heterocycles. The van der Waals surface area contributed by atoms with Gasteiger partial charge in [0.15, 0.2) is 0 Å². The van der Waals surface area contributed by atoms with E-state index in [4.69, 9.17) is 5.11 Å². The van der Waals surface area contributed by atoms with Crippen LogP contribution in [0.15, 0.2) is 0 Å². The topological polar surface area (TPSA) is 66.4 Å². The molecule has 64 valence electrons. The summed E-state index contributed by atoms with van der Waals surface area (Å²) in [5.74, 6) is -2.44. The molecule has 1 amide bonds. The van der Waals surface area contributed by atoms with E-state index in [1.54, 1.807) is 0 Å². The molecule has 11 heavy (non-hydrogen) atoms. The largest absolute Gasteiger partial charge is 0.474 e. The Morgan fingerprint density at radius 1 is 1.55 bits per heavy atom. The number of hydrogen-bond acceptors (Lipinski definition) is 2. The lowest BCUT2D eigenvalue weighted by molar-refractivity contribution is -0.150. The van der Waals surface area contributed by atoms with Gasteiger partial charge in [-0.3, -0.25) is 4.79 Å². The average molecular weight is 289 g/mol. The van der Waals surface area contributed by atoms with Crippen molar-refractivity contribution in [3.63, 3.8) is 0 Å². The molecular formula is C5H7Br2NO3. The number of nitrogens with one attached hydrogen (secondary N) is 1. The number of amides is 1. The molecule has 1 unspecified atom stereocenters. The van der Waals surface area contributed by atoms with E-state index in [1.807, 2.05) is 0 Å². The van der Waals surface area contributed by atoms with Crippen molar-refractivity contribution in [3.8, 4) is 0 Å². The molecular weight excluding hydrogens is 282 g/mol. The molecule has 0 aliphatic carbocycles. The van der Waals surface area contributed by atoms with E-state index in [1.165, 1.54) is 0 Å². The minimum atomic E-state index is -1.46. The third-order valence-corrected chi connectivity index (χ3v) is 3.14. The minimum absolute atomic E-state index is 0.0609. The molecule has 0 aromatic heterocycles. The minimum Gasteiger partial charge on any atom is -0.474 e. The fourth-order valence-corrected chi connectivity index (χ4v) is 0.724. The number of carboxylic acids is 1. The molecule has 0 rings (SSSR count). The number of carbonyl (C=O) groups excluding carboxylic acids is 1. The lowest BCUT2D eigenvalue weighted by Crippen LogP contribution is -2.35. The van der Waals surface area contributed by atoms with Gasteiger partial charge in [0, 0.05) is 16.7 Å². The molecule has 0 aromatic rings. The van der Waals surface area contributed by atoms with E-state index in [-0.39, 0.29) is 4.83 Å². The first-order chi connectivity index (χ1) is 5.07. The summed E-state index contributed by atoms with van der Waals surface area (Å²) in [6, 6.07) is 0. The van der Waals surface area contributed by atoms with Gasteiger partial charge in [0.2, 0.25) is 0 Å². The van der Waals surface area contributed by atoms with Crippen LogP contribution < -0.4 is 5.32 Å². The molecule has 1 atom stereocenters. The van der Waals surface area contributed by atoms with Crippen molar-refractivity contribution in [3.05, 3.63) is 0 Å². The predicted octanol–water partition coefficient (Wildman–Crippen LogP) is 0.346. The fraction of sp³-hybridized carbons (Fsp3) is 0.600. The second-order valence-electron chi connectivity index (χ2n) is 1.77. The summed E-state index contributed by atoms with van der Waals surface area (Å²) in [5.41, 5.74) is 0. The Morgan fingerprint density at radius 2 is 2.09 bits per heavy atom. The smallest absolute Gasteiger partial charge is 0.394 e. The van der Waals surface area contributed by atoms with Crippen LogP contribution >= 0.6 is 31.9 Å². The number of alkyl halides is 2. The average Bonchev–Trinajstić information content (AvgIpc) is 1.99. The maximum Gasteiger partial charge on any atom is 0.394 e. The number of halogens is 2. The Hall–Kier alpha value is -0.100. The van der Waals surface area contributed by atoms with E-state index in [2.05, 4.69) is 37.2 Å². The van der Waals surface area contributed by atoms with Gasteiger partial charge in [0.05, 0.1) is 0 Å². The molecule has 4 nitrogen and oxygen atoms in total. The van der Waals surface area contributed by atoms with Crippen LogP contribution in [0.1, 0.15) is 0 Å². The van der Waals surface area contributed by atoms with Crippen LogP contribution in [0.3, 0.4) is 0 Å². The Morgan fingerprint density at radius 3 is 2.45 bits per heavy atom. The number of aliphatic carboxylic acids is 1. The number of hydrogen-bond donors (Lipinski definition) is 2. The van der Waals surface area contributed by atoms with Gasteiger partial charge in [-0.25, -0.2) is 4.79 Å². The Balaban J connectivity index is 3.54. The highest BCUT2D eigenvalue weighted by Gasteiger charge is 2.11. The second-order valence-corrected chi connectivity index (χ2v) is 3.71. The van der Waals surface area contributed by atoms with Gasteiger partial charge < -0.3 is 10.4 Å². The summed E-state index contributed by atoms with van der Waals surface area (Å²) in [6.45, 7) is 0.302. The maximum absolute atomic E-state index is 10.4. The van der Waals surface area contributed by atoms with Crippen molar-refractivity contribution in [1.82, 2.24) is 5.32 Å². The van der Waals surface area contributed by atoms with Gasteiger partial charge in [-0.2, -0.15) is 0 Å². The van der Waals surface area contributed by atoms with Gasteiger partial charge >= 0.3 is 11.9 Å². The molecule has 2 N–H and O–H groups in total. The molecule has 0 spiro atoms. The normalized spacial score (nSPS) is 12.2. The zero-order valence-corrected chi connectivity index (χ0v) is 8.68. The van der Waals surface area contributed by atoms with Crippen LogP contribution in [0.2, 0.25) is 0 Å². The molecule has 0 fully saturated rings. The zero-order chi connectivity index (χ0) is 8.85. The summed E-state index contributed by atoms with van der Waals surface area (Å²) in [6.07, 6.45) is 0. The molecule has 0 radical (unpaired) electrons. The standard InChI is InChI=1S/C5H7Br2NO3/c6-1-3(7)2-8-4(9)5(10)11/h3H,1-2H2,(H,8,9)(H,10,11). The lowest BCUT2D eigenvalue weighted by atomic mass is 10.4. The van der Waals surface area contributed by atoms with Crippen molar-refractivity contribution in [1.29, 1.82) is 0 Å². The highest BCUT2D eigenvalue weighted by atomic mass is 79.9. The molecule has 0 saturated heterocycles. The van der Waals surface area contributed by atoms with Gasteiger partial charge in [-0.15, -0.1) is 0 Å². The van der Waals surface area contributed by atoms with Crippen molar-refractivity contribution in [2.75, 3.05) is 11.9 Å². The summed E-state index contributed by atoms with van der Waals surface area (Å²) in [7, 11) is 0. The number of rotatable bonds is 3. The molecule has 6 heteroatoms. The molecule has 0 aromatic carbocycles. The first-order valence-electron chi connectivity index (χ1n) is 2.79. The fourth-order valence-electron chi connectivity index (χ4n) is 0.334. The van der Waals surface area contributed by atoms with Crippen molar-refractivity contribution < 1.29 is 14.7 Å². The third kappa shape index (κ3) is 5.20. The SMILES string of the molecule is O=C(O)C(=O)NCC(Br)CBr. The van der Waals surface area contributed by atoms with E-state index in [0.717, 1.165) is 0 Å². The summed E-state index contributed by atoms with van der Waals surface area (Å²) >= 11 is 6.36. The van der Waals surface area contributed by atoms with E-state index in [0.29, 0.717) is 11.9 Å². The van der Waals surface area contributed by atoms with Gasteiger partial charge in [-0.1, -0.05) is 31.9 Å². The summed E-state index contributed by atoms with van der Waals surface area (Å²) in [4.78, 5) is 20.4. The van der Waals surface area contributed by atoms with Crippen LogP contribution in [-0.2, 0) is 9.59 Å². The highest BCUT2D eigenvalue weighted by Crippen LogP contribution is 2.00. The maximum atomic E-state index is 10.4. The van der Waals surface area contributed by atoms with Crippen molar-refractivity contribution >= 4 is 43.7 Å². The van der Waals surface area contributed by atoms with E-state index >= 15 is 0 Å². The quantitative estimate of drug-likeness (QED) is 0.582. The Bertz CT molecular complexity index is 162. The first-order valence-corrected chi connectivity index (χ1v) is 4.82. The van der Waals surface area contributed by atoms with Gasteiger partial charge in [0.25, 0.3) is 0 Å². The lowest BCUT2D eigenvalue weighted by Gasteiger charge is -2.04. The van der Waals surface area contributed by atoms with Gasteiger partial charge in [0.1, 0.15) is 0 Å². The highest BCUT2D eigenvalue weighted by molar-refractivity contribution is 9.12. The Labute approximate surface area is 80.6 Å². The van der Waals surface area contributed by atoms with Crippen LogP contribution in [0, 0.1) is 0 Å². The Kier molecular flexibility index (Phi) is 5.49. The van der Waals surface area contributed by atoms with E-state index in [9.17, 15) is 9.59 Å². The summed E-state index contributed by atoms with van der Waals surface area (Å²) < 4.78 is 0. The van der Waals surface area contributed by atoms with Crippen LogP contribution in [0.25, 0.3) is 0 Å². The second kappa shape index (κ2) is 5.54. The number of carboxylic acid groups (broad SMARTS) is 1. The van der Waals surface area contributed by atoms with Crippen LogP contribution in [0.4, 0.5) is 0 Å².